The van der Waals surface area contributed by atoms with Gasteiger partial charge in [0.15, 0.2) is 0 Å². The molecule has 0 aliphatic rings. The molecule has 0 aliphatic heterocycles. The Morgan fingerprint density at radius 3 is 1.34 bits per heavy atom. The molecule has 0 spiro atoms. The van der Waals surface area contributed by atoms with Crippen LogP contribution in [-0.4, -0.2) is 30.0 Å². The van der Waals surface area contributed by atoms with Crippen LogP contribution < -0.4 is 14.2 Å². The van der Waals surface area contributed by atoms with Crippen molar-refractivity contribution in [2.24, 2.45) is 0 Å². The van der Waals surface area contributed by atoms with E-state index in [0.29, 0.717) is 17.7 Å². The largest absolute Gasteiger partial charge is 0.459 e. The van der Waals surface area contributed by atoms with Gasteiger partial charge in [0.05, 0.1) is 22.8 Å². The Morgan fingerprint density at radius 1 is 0.489 bits per heavy atom. The topological polar surface area (TPSA) is 105 Å². The van der Waals surface area contributed by atoms with Crippen molar-refractivity contribution in [3.8, 4) is 17.2 Å². The van der Waals surface area contributed by atoms with Gasteiger partial charge in [-0.3, -0.25) is 4.79 Å². The highest BCUT2D eigenvalue weighted by Crippen LogP contribution is 2.20. The summed E-state index contributed by atoms with van der Waals surface area (Å²) in [5.41, 5.74) is 0.924. The number of unbranched alkanes of at least 4 members (excludes halogenated alkanes) is 9. The average molecular weight is 645 g/mol. The van der Waals surface area contributed by atoms with Gasteiger partial charge < -0.3 is 18.9 Å². The Morgan fingerprint density at radius 2 is 0.872 bits per heavy atom. The van der Waals surface area contributed by atoms with Crippen LogP contribution in [-0.2, 0) is 9.53 Å². The van der Waals surface area contributed by atoms with Crippen molar-refractivity contribution in [3.05, 3.63) is 89.5 Å². The number of benzene rings is 3. The van der Waals surface area contributed by atoms with E-state index in [9.17, 15) is 19.2 Å². The van der Waals surface area contributed by atoms with Crippen LogP contribution in [0, 0.1) is 0 Å². The number of carbonyl (C=O) groups excluding carboxylic acids is 4. The quantitative estimate of drug-likeness (QED) is 0.0680. The number of carbonyl (C=O) groups is 4. The highest BCUT2D eigenvalue weighted by Gasteiger charge is 2.15. The first-order valence-corrected chi connectivity index (χ1v) is 16.9. The normalized spacial score (nSPS) is 11.4. The summed E-state index contributed by atoms with van der Waals surface area (Å²) in [5, 5.41) is 0. The molecule has 0 saturated heterocycles. The van der Waals surface area contributed by atoms with E-state index >= 15 is 0 Å². The third-order valence-corrected chi connectivity index (χ3v) is 7.68. The number of ether oxygens (including phenoxy) is 4. The van der Waals surface area contributed by atoms with Crippen molar-refractivity contribution in [2.75, 3.05) is 0 Å². The molecule has 0 N–H and O–H groups in total. The SMILES string of the molecule is CCCCCCCCCC(=O)Oc1ccc(C(=O)Oc2ccc(C(=O)Oc3ccc(C(=O)OC(C)CCCCCC)cc3)cc2)cc1. The number of hydrogen-bond acceptors (Lipinski definition) is 8. The van der Waals surface area contributed by atoms with Crippen molar-refractivity contribution < 1.29 is 38.1 Å². The van der Waals surface area contributed by atoms with Crippen LogP contribution in [0.3, 0.4) is 0 Å². The van der Waals surface area contributed by atoms with E-state index in [1.54, 1.807) is 36.4 Å². The average Bonchev–Trinajstić information content (AvgIpc) is 3.07. The maximum Gasteiger partial charge on any atom is 0.343 e. The molecule has 0 aromatic heterocycles. The van der Waals surface area contributed by atoms with Gasteiger partial charge in [-0.25, -0.2) is 14.4 Å². The van der Waals surface area contributed by atoms with Gasteiger partial charge in [0.1, 0.15) is 17.2 Å². The lowest BCUT2D eigenvalue weighted by Gasteiger charge is -2.13. The zero-order valence-corrected chi connectivity index (χ0v) is 28.0. The van der Waals surface area contributed by atoms with Gasteiger partial charge in [-0.1, -0.05) is 71.6 Å². The molecule has 3 rings (SSSR count). The summed E-state index contributed by atoms with van der Waals surface area (Å²) in [7, 11) is 0. The van der Waals surface area contributed by atoms with Gasteiger partial charge in [0.25, 0.3) is 0 Å². The fourth-order valence-electron chi connectivity index (χ4n) is 4.89. The summed E-state index contributed by atoms with van der Waals surface area (Å²) >= 11 is 0. The first-order chi connectivity index (χ1) is 22.8. The molecule has 0 amide bonds. The molecule has 0 heterocycles. The first-order valence-electron chi connectivity index (χ1n) is 16.9. The van der Waals surface area contributed by atoms with E-state index in [4.69, 9.17) is 18.9 Å². The van der Waals surface area contributed by atoms with Crippen LogP contribution in [0.4, 0.5) is 0 Å². The molecule has 3 aromatic rings. The van der Waals surface area contributed by atoms with E-state index in [2.05, 4.69) is 13.8 Å². The minimum atomic E-state index is -0.601. The van der Waals surface area contributed by atoms with Gasteiger partial charge in [-0.2, -0.15) is 0 Å². The molecule has 8 heteroatoms. The molecule has 1 unspecified atom stereocenters. The molecule has 0 radical (unpaired) electrons. The predicted octanol–water partition coefficient (Wildman–Crippen LogP) is 9.69. The van der Waals surface area contributed by atoms with E-state index in [1.807, 2.05) is 6.92 Å². The summed E-state index contributed by atoms with van der Waals surface area (Å²) in [6.07, 6.45) is 13.4. The zero-order valence-electron chi connectivity index (χ0n) is 28.0. The minimum Gasteiger partial charge on any atom is -0.459 e. The van der Waals surface area contributed by atoms with Crippen LogP contribution in [0.15, 0.2) is 72.8 Å². The molecule has 0 fully saturated rings. The van der Waals surface area contributed by atoms with Gasteiger partial charge in [-0.15, -0.1) is 0 Å². The number of hydrogen-bond donors (Lipinski definition) is 0. The Bertz CT molecular complexity index is 1390. The third-order valence-electron chi connectivity index (χ3n) is 7.68. The maximum atomic E-state index is 12.7. The Balaban J connectivity index is 1.41. The monoisotopic (exact) mass is 644 g/mol. The fraction of sp³-hybridized carbons (Fsp3) is 0.436. The molecule has 1 atom stereocenters. The summed E-state index contributed by atoms with van der Waals surface area (Å²) in [6.45, 7) is 6.24. The zero-order chi connectivity index (χ0) is 33.9. The molecule has 252 valence electrons. The Labute approximate surface area is 278 Å². The number of rotatable bonds is 20. The van der Waals surface area contributed by atoms with Crippen LogP contribution in [0.1, 0.15) is 135 Å². The van der Waals surface area contributed by atoms with Crippen molar-refractivity contribution >= 4 is 23.9 Å². The molecular formula is C39H48O8. The van der Waals surface area contributed by atoms with Gasteiger partial charge in [0.2, 0.25) is 0 Å². The second-order valence-electron chi connectivity index (χ2n) is 11.8. The molecule has 0 aliphatic carbocycles. The van der Waals surface area contributed by atoms with Crippen molar-refractivity contribution in [1.82, 2.24) is 0 Å². The molecule has 47 heavy (non-hydrogen) atoms. The van der Waals surface area contributed by atoms with Crippen LogP contribution >= 0.6 is 0 Å². The van der Waals surface area contributed by atoms with Crippen molar-refractivity contribution in [3.63, 3.8) is 0 Å². The molecule has 3 aromatic carbocycles. The Kier molecular flexibility index (Phi) is 16.2. The lowest BCUT2D eigenvalue weighted by Crippen LogP contribution is -2.15. The first kappa shape index (κ1) is 37.0. The summed E-state index contributed by atoms with van der Waals surface area (Å²) < 4.78 is 21.8. The van der Waals surface area contributed by atoms with E-state index in [1.165, 1.54) is 68.5 Å². The molecule has 0 saturated carbocycles. The second kappa shape index (κ2) is 20.6. The van der Waals surface area contributed by atoms with Gasteiger partial charge in [0, 0.05) is 6.42 Å². The minimum absolute atomic E-state index is 0.166. The standard InChI is InChI=1S/C39H48O8/c1-4-6-8-10-11-12-14-16-36(40)45-33-23-17-31(18-24-33)38(42)47-35-27-21-32(22-28-35)39(43)46-34-25-19-30(20-26-34)37(41)44-29(3)15-13-9-7-5-2/h17-29H,4-16H2,1-3H3. The second-order valence-corrected chi connectivity index (χ2v) is 11.8. The molecular weight excluding hydrogens is 596 g/mol. The highest BCUT2D eigenvalue weighted by molar-refractivity contribution is 5.93. The van der Waals surface area contributed by atoms with E-state index in [-0.39, 0.29) is 34.7 Å². The van der Waals surface area contributed by atoms with E-state index < -0.39 is 17.9 Å². The van der Waals surface area contributed by atoms with Crippen LogP contribution in [0.5, 0.6) is 17.2 Å². The molecule has 0 bridgehead atoms. The summed E-state index contributed by atoms with van der Waals surface area (Å²) in [4.78, 5) is 49.8. The predicted molar refractivity (Wildman–Crippen MR) is 181 cm³/mol. The lowest BCUT2D eigenvalue weighted by molar-refractivity contribution is -0.134. The maximum absolute atomic E-state index is 12.7. The third kappa shape index (κ3) is 13.8. The van der Waals surface area contributed by atoms with Gasteiger partial charge >= 0.3 is 23.9 Å². The molecule has 8 nitrogen and oxygen atoms in total. The van der Waals surface area contributed by atoms with Crippen molar-refractivity contribution in [1.29, 1.82) is 0 Å². The lowest BCUT2D eigenvalue weighted by atomic mass is 10.1. The van der Waals surface area contributed by atoms with Crippen LogP contribution in [0.2, 0.25) is 0 Å². The fourth-order valence-corrected chi connectivity index (χ4v) is 4.89. The van der Waals surface area contributed by atoms with Crippen LogP contribution in [0.25, 0.3) is 0 Å². The van der Waals surface area contributed by atoms with Crippen molar-refractivity contribution in [2.45, 2.75) is 110 Å². The van der Waals surface area contributed by atoms with Gasteiger partial charge in [-0.05, 0) is 99.0 Å². The summed E-state index contributed by atoms with van der Waals surface area (Å²) in [6, 6.07) is 18.4. The highest BCUT2D eigenvalue weighted by atomic mass is 16.5. The number of esters is 4. The smallest absolute Gasteiger partial charge is 0.343 e. The summed E-state index contributed by atoms with van der Waals surface area (Å²) in [5.74, 6) is -0.996. The Hall–Kier alpha value is -4.46. The van der Waals surface area contributed by atoms with E-state index in [0.717, 1.165) is 44.9 Å².